The molecule has 21 heavy (non-hydrogen) atoms. The molecule has 0 aromatic rings. The number of carbonyl (C=O) groups excluding carboxylic acids is 1. The van der Waals surface area contributed by atoms with Gasteiger partial charge in [0.2, 0.25) is 5.91 Å². The summed E-state index contributed by atoms with van der Waals surface area (Å²) in [4.78, 5) is 14.6. The van der Waals surface area contributed by atoms with E-state index >= 15 is 0 Å². The molecule has 120 valence electrons. The van der Waals surface area contributed by atoms with Gasteiger partial charge in [-0.2, -0.15) is 0 Å². The van der Waals surface area contributed by atoms with Crippen molar-refractivity contribution in [1.29, 1.82) is 0 Å². The van der Waals surface area contributed by atoms with E-state index in [2.05, 4.69) is 15.9 Å². The van der Waals surface area contributed by atoms with Crippen molar-refractivity contribution in [3.8, 4) is 0 Å². The Morgan fingerprint density at radius 1 is 1.05 bits per heavy atom. The lowest BCUT2D eigenvalue weighted by molar-refractivity contribution is -0.138. The van der Waals surface area contributed by atoms with Gasteiger partial charge in [-0.15, -0.1) is 0 Å². The van der Waals surface area contributed by atoms with Crippen molar-refractivity contribution in [3.63, 3.8) is 0 Å². The fourth-order valence-electron chi connectivity index (χ4n) is 5.71. The van der Waals surface area contributed by atoms with Crippen molar-refractivity contribution < 1.29 is 4.79 Å². The molecular formula is C18H30BrNO. The molecule has 4 rings (SSSR count). The molecule has 4 saturated carbocycles. The number of rotatable bonds is 7. The van der Waals surface area contributed by atoms with Crippen molar-refractivity contribution in [3.05, 3.63) is 0 Å². The van der Waals surface area contributed by atoms with Crippen LogP contribution in [0, 0.1) is 23.2 Å². The van der Waals surface area contributed by atoms with Crippen LogP contribution >= 0.6 is 15.9 Å². The van der Waals surface area contributed by atoms with E-state index in [1.807, 2.05) is 11.9 Å². The van der Waals surface area contributed by atoms with Gasteiger partial charge < -0.3 is 4.90 Å². The van der Waals surface area contributed by atoms with E-state index in [1.54, 1.807) is 0 Å². The highest BCUT2D eigenvalue weighted by Crippen LogP contribution is 2.61. The average molecular weight is 356 g/mol. The number of unbranched alkanes of at least 4 members (excludes halogenated alkanes) is 2. The van der Waals surface area contributed by atoms with Crippen molar-refractivity contribution in [1.82, 2.24) is 4.90 Å². The third kappa shape index (κ3) is 3.65. The van der Waals surface area contributed by atoms with Gasteiger partial charge >= 0.3 is 0 Å². The Kier molecular flexibility index (Phi) is 4.97. The average Bonchev–Trinajstić information content (AvgIpc) is 2.41. The largest absolute Gasteiger partial charge is 0.346 e. The minimum Gasteiger partial charge on any atom is -0.346 e. The van der Waals surface area contributed by atoms with Gasteiger partial charge in [0.1, 0.15) is 0 Å². The first-order chi connectivity index (χ1) is 10.1. The zero-order chi connectivity index (χ0) is 14.9. The van der Waals surface area contributed by atoms with Crippen molar-refractivity contribution >= 4 is 21.8 Å². The lowest BCUT2D eigenvalue weighted by atomic mass is 9.49. The summed E-state index contributed by atoms with van der Waals surface area (Å²) in [6.07, 6.45) is 12.9. The molecule has 4 bridgehead atoms. The van der Waals surface area contributed by atoms with Crippen LogP contribution in [-0.2, 0) is 4.79 Å². The van der Waals surface area contributed by atoms with Gasteiger partial charge in [-0.1, -0.05) is 22.4 Å². The van der Waals surface area contributed by atoms with E-state index in [-0.39, 0.29) is 0 Å². The van der Waals surface area contributed by atoms with Gasteiger partial charge in [-0.25, -0.2) is 0 Å². The van der Waals surface area contributed by atoms with Crippen molar-refractivity contribution in [2.75, 3.05) is 18.9 Å². The molecule has 2 nitrogen and oxygen atoms in total. The quantitative estimate of drug-likeness (QED) is 0.482. The Bertz CT molecular complexity index is 346. The topological polar surface area (TPSA) is 20.3 Å². The summed E-state index contributed by atoms with van der Waals surface area (Å²) >= 11 is 3.47. The highest BCUT2D eigenvalue weighted by atomic mass is 79.9. The van der Waals surface area contributed by atoms with Crippen LogP contribution in [0.15, 0.2) is 0 Å². The number of hydrogen-bond donors (Lipinski definition) is 0. The molecule has 0 unspecified atom stereocenters. The van der Waals surface area contributed by atoms with Gasteiger partial charge in [0.15, 0.2) is 0 Å². The summed E-state index contributed by atoms with van der Waals surface area (Å²) in [6.45, 7) is 0.943. The second kappa shape index (κ2) is 6.60. The Labute approximate surface area is 138 Å². The van der Waals surface area contributed by atoms with Crippen LogP contribution in [0.1, 0.15) is 64.2 Å². The predicted molar refractivity (Wildman–Crippen MR) is 90.5 cm³/mol. The standard InChI is InChI=1S/C18H30BrNO/c1-20(6-4-2-3-5-19)17(21)13-18-10-14-7-15(11-18)9-16(8-14)12-18/h14-16H,2-13H2,1H3. The first-order valence-corrected chi connectivity index (χ1v) is 10.0. The number of amides is 1. The number of hydrogen-bond acceptors (Lipinski definition) is 1. The van der Waals surface area contributed by atoms with Gasteiger partial charge in [-0.3, -0.25) is 4.79 Å². The van der Waals surface area contributed by atoms with Crippen LogP contribution in [0.25, 0.3) is 0 Å². The predicted octanol–water partition coefficient (Wildman–Crippen LogP) is 4.62. The van der Waals surface area contributed by atoms with Crippen molar-refractivity contribution in [2.24, 2.45) is 23.2 Å². The first-order valence-electron chi connectivity index (χ1n) is 8.90. The molecule has 4 aliphatic rings. The summed E-state index contributed by atoms with van der Waals surface area (Å²) < 4.78 is 0. The SMILES string of the molecule is CN(CCCCCBr)C(=O)CC12CC3CC(CC(C3)C1)C2. The number of alkyl halides is 1. The Morgan fingerprint density at radius 3 is 2.14 bits per heavy atom. The fraction of sp³-hybridized carbons (Fsp3) is 0.944. The summed E-state index contributed by atoms with van der Waals surface area (Å²) in [5.41, 5.74) is 0.399. The first kappa shape index (κ1) is 15.8. The Balaban J connectivity index is 1.50. The maximum atomic E-state index is 12.6. The van der Waals surface area contributed by atoms with Gasteiger partial charge in [-0.05, 0) is 74.5 Å². The van der Waals surface area contributed by atoms with Crippen LogP contribution < -0.4 is 0 Å². The van der Waals surface area contributed by atoms with E-state index in [1.165, 1.54) is 51.4 Å². The molecule has 0 atom stereocenters. The molecule has 1 amide bonds. The molecule has 0 saturated heterocycles. The zero-order valence-corrected chi connectivity index (χ0v) is 15.0. The summed E-state index contributed by atoms with van der Waals surface area (Å²) in [6, 6.07) is 0. The van der Waals surface area contributed by atoms with Crippen LogP contribution in [-0.4, -0.2) is 29.7 Å². The Hall–Kier alpha value is -0.0500. The van der Waals surface area contributed by atoms with E-state index in [0.29, 0.717) is 11.3 Å². The third-order valence-electron chi connectivity index (χ3n) is 6.24. The normalized spacial score (nSPS) is 37.0. The molecule has 3 heteroatoms. The van der Waals surface area contributed by atoms with E-state index < -0.39 is 0 Å². The van der Waals surface area contributed by atoms with Gasteiger partial charge in [0, 0.05) is 25.3 Å². The smallest absolute Gasteiger partial charge is 0.222 e. The molecule has 4 aliphatic carbocycles. The van der Waals surface area contributed by atoms with Gasteiger partial charge in [0.25, 0.3) is 0 Å². The second-order valence-corrected chi connectivity index (χ2v) is 8.95. The minimum atomic E-state index is 0.399. The summed E-state index contributed by atoms with van der Waals surface area (Å²) in [5.74, 6) is 3.27. The molecule has 0 aromatic heterocycles. The maximum Gasteiger partial charge on any atom is 0.222 e. The molecule has 0 aliphatic heterocycles. The fourth-order valence-corrected chi connectivity index (χ4v) is 6.10. The summed E-state index contributed by atoms with van der Waals surface area (Å²) in [7, 11) is 2.01. The maximum absolute atomic E-state index is 12.6. The third-order valence-corrected chi connectivity index (χ3v) is 6.80. The number of nitrogens with zero attached hydrogens (tertiary/aromatic N) is 1. The molecule has 0 spiro atoms. The molecule has 4 fully saturated rings. The van der Waals surface area contributed by atoms with E-state index in [9.17, 15) is 4.79 Å². The zero-order valence-electron chi connectivity index (χ0n) is 13.5. The van der Waals surface area contributed by atoms with E-state index in [4.69, 9.17) is 0 Å². The molecule has 0 heterocycles. The number of carbonyl (C=O) groups is 1. The monoisotopic (exact) mass is 355 g/mol. The summed E-state index contributed by atoms with van der Waals surface area (Å²) in [5, 5.41) is 1.08. The van der Waals surface area contributed by atoms with Gasteiger partial charge in [0.05, 0.1) is 0 Å². The van der Waals surface area contributed by atoms with Crippen LogP contribution in [0.2, 0.25) is 0 Å². The number of halogens is 1. The lowest BCUT2D eigenvalue weighted by Gasteiger charge is -2.56. The molecule has 0 N–H and O–H groups in total. The minimum absolute atomic E-state index is 0.399. The van der Waals surface area contributed by atoms with E-state index in [0.717, 1.165) is 42.5 Å². The lowest BCUT2D eigenvalue weighted by Crippen LogP contribution is -2.48. The second-order valence-electron chi connectivity index (χ2n) is 8.16. The highest BCUT2D eigenvalue weighted by Gasteiger charge is 2.51. The van der Waals surface area contributed by atoms with Crippen LogP contribution in [0.5, 0.6) is 0 Å². The molecular weight excluding hydrogens is 326 g/mol. The molecule has 0 radical (unpaired) electrons. The highest BCUT2D eigenvalue weighted by molar-refractivity contribution is 9.09. The van der Waals surface area contributed by atoms with Crippen LogP contribution in [0.3, 0.4) is 0 Å². The van der Waals surface area contributed by atoms with Crippen LogP contribution in [0.4, 0.5) is 0 Å². The molecule has 0 aromatic carbocycles. The van der Waals surface area contributed by atoms with Crippen molar-refractivity contribution in [2.45, 2.75) is 64.2 Å². The Morgan fingerprint density at radius 2 is 1.62 bits per heavy atom.